The van der Waals surface area contributed by atoms with Crippen LogP contribution in [0.25, 0.3) is 11.4 Å². The van der Waals surface area contributed by atoms with Gasteiger partial charge in [-0.2, -0.15) is 4.98 Å². The zero-order valence-electron chi connectivity index (χ0n) is 16.0. The van der Waals surface area contributed by atoms with Crippen molar-refractivity contribution >= 4 is 5.91 Å². The number of pyridine rings is 1. The second kappa shape index (κ2) is 7.40. The van der Waals surface area contributed by atoms with Gasteiger partial charge in [0.15, 0.2) is 0 Å². The number of nitrogens with zero attached hydrogens (tertiary/aromatic N) is 4. The first kappa shape index (κ1) is 18.0. The summed E-state index contributed by atoms with van der Waals surface area (Å²) in [7, 11) is 0. The van der Waals surface area contributed by atoms with Crippen molar-refractivity contribution in [2.24, 2.45) is 5.41 Å². The molecule has 1 atom stereocenters. The van der Waals surface area contributed by atoms with Crippen LogP contribution >= 0.6 is 0 Å². The third-order valence-corrected chi connectivity index (χ3v) is 6.08. The number of benzene rings is 1. The third-order valence-electron chi connectivity index (χ3n) is 6.08. The van der Waals surface area contributed by atoms with Gasteiger partial charge in [0.25, 0.3) is 5.91 Å². The van der Waals surface area contributed by atoms with E-state index in [1.807, 2.05) is 47.4 Å². The van der Waals surface area contributed by atoms with E-state index in [9.17, 15) is 4.79 Å². The van der Waals surface area contributed by atoms with Crippen molar-refractivity contribution < 1.29 is 14.1 Å². The van der Waals surface area contributed by atoms with Crippen LogP contribution < -0.4 is 0 Å². The highest BCUT2D eigenvalue weighted by Gasteiger charge is 2.51. The summed E-state index contributed by atoms with van der Waals surface area (Å²) in [5, 5.41) is 4.20. The van der Waals surface area contributed by atoms with E-state index in [0.29, 0.717) is 43.7 Å². The van der Waals surface area contributed by atoms with Crippen LogP contribution in [0.1, 0.15) is 35.1 Å². The number of likely N-dealkylation sites (tertiary alicyclic amines) is 1. The number of amides is 1. The number of ether oxygens (including phenoxy) is 1. The lowest BCUT2D eigenvalue weighted by atomic mass is 9.72. The molecule has 0 aliphatic carbocycles. The van der Waals surface area contributed by atoms with Crippen molar-refractivity contribution in [3.05, 3.63) is 66.3 Å². The summed E-state index contributed by atoms with van der Waals surface area (Å²) >= 11 is 0. The SMILES string of the molecule is O=C(c1ccccn1)N1CC(c2nc(-c3ccccc3)no2)C2(CCOCC2)C1. The van der Waals surface area contributed by atoms with Gasteiger partial charge >= 0.3 is 0 Å². The molecule has 2 fully saturated rings. The maximum absolute atomic E-state index is 13.0. The molecule has 3 aromatic rings. The number of hydrogen-bond acceptors (Lipinski definition) is 6. The van der Waals surface area contributed by atoms with Gasteiger partial charge in [-0.25, -0.2) is 0 Å². The summed E-state index contributed by atoms with van der Waals surface area (Å²) in [6.45, 7) is 2.56. The number of hydrogen-bond donors (Lipinski definition) is 0. The van der Waals surface area contributed by atoms with Gasteiger partial charge in [-0.1, -0.05) is 41.6 Å². The van der Waals surface area contributed by atoms with Crippen molar-refractivity contribution in [2.75, 3.05) is 26.3 Å². The lowest BCUT2D eigenvalue weighted by Gasteiger charge is -2.36. The van der Waals surface area contributed by atoms with Gasteiger partial charge in [0.1, 0.15) is 5.69 Å². The van der Waals surface area contributed by atoms with Crippen molar-refractivity contribution in [3.63, 3.8) is 0 Å². The molecule has 29 heavy (non-hydrogen) atoms. The molecule has 5 rings (SSSR count). The second-order valence-corrected chi connectivity index (χ2v) is 7.75. The van der Waals surface area contributed by atoms with Crippen LogP contribution in [0.15, 0.2) is 59.3 Å². The van der Waals surface area contributed by atoms with Gasteiger partial charge in [0.2, 0.25) is 11.7 Å². The van der Waals surface area contributed by atoms with E-state index in [0.717, 1.165) is 18.4 Å². The Hall–Kier alpha value is -3.06. The lowest BCUT2D eigenvalue weighted by molar-refractivity contribution is 0.00833. The Balaban J connectivity index is 1.46. The quantitative estimate of drug-likeness (QED) is 0.683. The molecule has 2 aliphatic rings. The molecule has 0 radical (unpaired) electrons. The highest BCUT2D eigenvalue weighted by molar-refractivity contribution is 5.92. The average Bonchev–Trinajstić information content (AvgIpc) is 3.40. The van der Waals surface area contributed by atoms with Gasteiger partial charge in [-0.05, 0) is 25.0 Å². The standard InChI is InChI=1S/C22H22N4O3/c27-21(18-8-4-5-11-23-18)26-14-17(22(15-26)9-12-28-13-10-22)20-24-19(25-29-20)16-6-2-1-3-7-16/h1-8,11,17H,9-10,12-15H2. The summed E-state index contributed by atoms with van der Waals surface area (Å²) in [6.07, 6.45) is 3.38. The first-order valence-electron chi connectivity index (χ1n) is 9.92. The van der Waals surface area contributed by atoms with Crippen LogP contribution in [0.5, 0.6) is 0 Å². The molecular weight excluding hydrogens is 368 g/mol. The van der Waals surface area contributed by atoms with Gasteiger partial charge in [0.05, 0.1) is 5.92 Å². The smallest absolute Gasteiger partial charge is 0.272 e. The van der Waals surface area contributed by atoms with E-state index in [2.05, 4.69) is 10.1 Å². The van der Waals surface area contributed by atoms with Gasteiger partial charge in [-0.3, -0.25) is 9.78 Å². The Morgan fingerprint density at radius 1 is 1.07 bits per heavy atom. The summed E-state index contributed by atoms with van der Waals surface area (Å²) in [5.74, 6) is 1.12. The molecule has 4 heterocycles. The minimum absolute atomic E-state index is 0.0102. The molecule has 2 aliphatic heterocycles. The second-order valence-electron chi connectivity index (χ2n) is 7.75. The fourth-order valence-electron chi connectivity index (χ4n) is 4.48. The van der Waals surface area contributed by atoms with Crippen molar-refractivity contribution in [3.8, 4) is 11.4 Å². The van der Waals surface area contributed by atoms with E-state index < -0.39 is 0 Å². The molecule has 1 unspecified atom stereocenters. The van der Waals surface area contributed by atoms with Crippen LogP contribution in [0, 0.1) is 5.41 Å². The van der Waals surface area contributed by atoms with Crippen molar-refractivity contribution in [2.45, 2.75) is 18.8 Å². The highest BCUT2D eigenvalue weighted by atomic mass is 16.5. The number of carbonyl (C=O) groups excluding carboxylic acids is 1. The Morgan fingerprint density at radius 3 is 2.62 bits per heavy atom. The van der Waals surface area contributed by atoms with E-state index in [1.54, 1.807) is 12.3 Å². The normalized spacial score (nSPS) is 20.8. The first-order chi connectivity index (χ1) is 14.3. The first-order valence-corrected chi connectivity index (χ1v) is 9.92. The minimum atomic E-state index is -0.108. The van der Waals surface area contributed by atoms with E-state index in [-0.39, 0.29) is 17.2 Å². The summed E-state index contributed by atoms with van der Waals surface area (Å²) in [4.78, 5) is 23.9. The van der Waals surface area contributed by atoms with E-state index in [1.165, 1.54) is 0 Å². The Bertz CT molecular complexity index is 984. The predicted molar refractivity (Wildman–Crippen MR) is 105 cm³/mol. The maximum atomic E-state index is 13.0. The van der Waals surface area contributed by atoms with Gasteiger partial charge < -0.3 is 14.2 Å². The predicted octanol–water partition coefficient (Wildman–Crippen LogP) is 3.17. The molecule has 0 N–H and O–H groups in total. The molecule has 1 aromatic carbocycles. The zero-order valence-corrected chi connectivity index (χ0v) is 16.0. The zero-order chi connectivity index (χ0) is 19.7. The summed E-state index contributed by atoms with van der Waals surface area (Å²) in [5.41, 5.74) is 1.28. The number of aromatic nitrogens is 3. The maximum Gasteiger partial charge on any atom is 0.272 e. The Kier molecular flexibility index (Phi) is 4.60. The minimum Gasteiger partial charge on any atom is -0.381 e. The molecular formula is C22H22N4O3. The molecule has 0 saturated carbocycles. The lowest BCUT2D eigenvalue weighted by Crippen LogP contribution is -2.37. The van der Waals surface area contributed by atoms with E-state index >= 15 is 0 Å². The Morgan fingerprint density at radius 2 is 1.86 bits per heavy atom. The van der Waals surface area contributed by atoms with E-state index in [4.69, 9.17) is 14.2 Å². The van der Waals surface area contributed by atoms with Crippen LogP contribution in [-0.2, 0) is 4.74 Å². The summed E-state index contributed by atoms with van der Waals surface area (Å²) in [6, 6.07) is 15.2. The monoisotopic (exact) mass is 390 g/mol. The van der Waals surface area contributed by atoms with Crippen molar-refractivity contribution in [1.82, 2.24) is 20.0 Å². The molecule has 1 amide bonds. The molecule has 1 spiro atoms. The molecule has 7 nitrogen and oxygen atoms in total. The topological polar surface area (TPSA) is 81.4 Å². The van der Waals surface area contributed by atoms with Crippen LogP contribution in [0.4, 0.5) is 0 Å². The van der Waals surface area contributed by atoms with Crippen LogP contribution in [-0.4, -0.2) is 52.2 Å². The summed E-state index contributed by atoms with van der Waals surface area (Å²) < 4.78 is 11.3. The number of carbonyl (C=O) groups is 1. The van der Waals surface area contributed by atoms with Crippen LogP contribution in [0.2, 0.25) is 0 Å². The molecule has 0 bridgehead atoms. The largest absolute Gasteiger partial charge is 0.381 e. The number of rotatable bonds is 3. The third kappa shape index (κ3) is 3.31. The molecule has 148 valence electrons. The highest BCUT2D eigenvalue weighted by Crippen LogP contribution is 2.49. The van der Waals surface area contributed by atoms with Crippen molar-refractivity contribution in [1.29, 1.82) is 0 Å². The Labute approximate surface area is 168 Å². The van der Waals surface area contributed by atoms with Crippen LogP contribution in [0.3, 0.4) is 0 Å². The average molecular weight is 390 g/mol. The van der Waals surface area contributed by atoms with Gasteiger partial charge in [-0.15, -0.1) is 0 Å². The fraction of sp³-hybridized carbons (Fsp3) is 0.364. The fourth-order valence-corrected chi connectivity index (χ4v) is 4.48. The molecule has 2 saturated heterocycles. The molecule has 7 heteroatoms. The molecule has 2 aromatic heterocycles. The van der Waals surface area contributed by atoms with Gasteiger partial charge in [0, 0.05) is 43.5 Å².